The Morgan fingerprint density at radius 3 is 2.71 bits per heavy atom. The van der Waals surface area contributed by atoms with Gasteiger partial charge in [0.25, 0.3) is 0 Å². The Hall–Kier alpha value is -2.88. The van der Waals surface area contributed by atoms with Crippen LogP contribution in [0.2, 0.25) is 0 Å². The zero-order valence-corrected chi connectivity index (χ0v) is 11.4. The molecule has 0 atom stereocenters. The van der Waals surface area contributed by atoms with Crippen molar-refractivity contribution < 1.29 is 14.6 Å². The fourth-order valence-electron chi connectivity index (χ4n) is 2.12. The molecule has 0 radical (unpaired) electrons. The molecule has 0 aliphatic carbocycles. The number of fused-ring (bicyclic) bond motifs is 1. The number of benzene rings is 2. The molecule has 4 nitrogen and oxygen atoms in total. The van der Waals surface area contributed by atoms with Crippen LogP contribution in [0, 0.1) is 6.92 Å². The van der Waals surface area contributed by atoms with Crippen molar-refractivity contribution in [2.45, 2.75) is 6.92 Å². The Morgan fingerprint density at radius 1 is 1.10 bits per heavy atom. The third-order valence-corrected chi connectivity index (χ3v) is 3.26. The van der Waals surface area contributed by atoms with E-state index in [4.69, 9.17) is 9.84 Å². The van der Waals surface area contributed by atoms with Crippen molar-refractivity contribution in [1.82, 2.24) is 4.98 Å². The predicted molar refractivity (Wildman–Crippen MR) is 80.0 cm³/mol. The first-order chi connectivity index (χ1) is 10.1. The smallest absolute Gasteiger partial charge is 0.335 e. The molecule has 4 heteroatoms. The second-order valence-electron chi connectivity index (χ2n) is 4.71. The van der Waals surface area contributed by atoms with E-state index < -0.39 is 5.97 Å². The van der Waals surface area contributed by atoms with Gasteiger partial charge in [-0.25, -0.2) is 4.79 Å². The van der Waals surface area contributed by atoms with Gasteiger partial charge in [-0.3, -0.25) is 4.98 Å². The molecule has 0 aliphatic heterocycles. The first kappa shape index (κ1) is 13.1. The molecule has 0 saturated heterocycles. The summed E-state index contributed by atoms with van der Waals surface area (Å²) in [7, 11) is 0. The fraction of sp³-hybridized carbons (Fsp3) is 0.0588. The number of pyridine rings is 1. The van der Waals surface area contributed by atoms with Gasteiger partial charge in [-0.2, -0.15) is 0 Å². The number of para-hydroxylation sites is 1. The maximum absolute atomic E-state index is 11.1. The minimum absolute atomic E-state index is 0.203. The summed E-state index contributed by atoms with van der Waals surface area (Å²) < 4.78 is 5.91. The minimum Gasteiger partial charge on any atom is -0.478 e. The molecule has 3 aromatic rings. The van der Waals surface area contributed by atoms with Crippen molar-refractivity contribution in [1.29, 1.82) is 0 Å². The standard InChI is InChI=1S/C17H13NO3/c1-11-6-7-12(17(19)20)10-16(11)21-15-8-9-18-14-5-3-2-4-13(14)15/h2-10H,1H3,(H,19,20). The van der Waals surface area contributed by atoms with E-state index in [1.807, 2.05) is 31.2 Å². The van der Waals surface area contributed by atoms with Gasteiger partial charge >= 0.3 is 5.97 Å². The number of hydrogen-bond acceptors (Lipinski definition) is 3. The van der Waals surface area contributed by atoms with Gasteiger partial charge in [0.1, 0.15) is 11.5 Å². The molecule has 0 fully saturated rings. The first-order valence-electron chi connectivity index (χ1n) is 6.51. The molecule has 0 bridgehead atoms. The minimum atomic E-state index is -0.973. The van der Waals surface area contributed by atoms with Gasteiger partial charge in [0.05, 0.1) is 11.1 Å². The number of hydrogen-bond donors (Lipinski definition) is 1. The molecule has 1 heterocycles. The number of carboxylic acids is 1. The summed E-state index contributed by atoms with van der Waals surface area (Å²) in [6, 6.07) is 14.3. The van der Waals surface area contributed by atoms with Crippen LogP contribution in [0.1, 0.15) is 15.9 Å². The monoisotopic (exact) mass is 279 g/mol. The normalized spacial score (nSPS) is 10.5. The summed E-state index contributed by atoms with van der Waals surface area (Å²) in [6.07, 6.45) is 1.67. The van der Waals surface area contributed by atoms with E-state index in [0.717, 1.165) is 16.5 Å². The summed E-state index contributed by atoms with van der Waals surface area (Å²) in [4.78, 5) is 15.3. The van der Waals surface area contributed by atoms with Crippen molar-refractivity contribution in [2.75, 3.05) is 0 Å². The van der Waals surface area contributed by atoms with Gasteiger partial charge in [0.2, 0.25) is 0 Å². The Labute approximate surface area is 121 Å². The molecular weight excluding hydrogens is 266 g/mol. The lowest BCUT2D eigenvalue weighted by Gasteiger charge is -2.11. The molecule has 0 saturated carbocycles. The summed E-state index contributed by atoms with van der Waals surface area (Å²) in [5, 5.41) is 9.96. The average Bonchev–Trinajstić information content (AvgIpc) is 2.49. The number of nitrogens with zero attached hydrogens (tertiary/aromatic N) is 1. The van der Waals surface area contributed by atoms with Crippen LogP contribution >= 0.6 is 0 Å². The maximum atomic E-state index is 11.1. The van der Waals surface area contributed by atoms with E-state index in [0.29, 0.717) is 11.5 Å². The lowest BCUT2D eigenvalue weighted by atomic mass is 10.1. The van der Waals surface area contributed by atoms with Gasteiger partial charge in [-0.1, -0.05) is 18.2 Å². The number of ether oxygens (including phenoxy) is 1. The second kappa shape index (κ2) is 5.25. The van der Waals surface area contributed by atoms with Gasteiger partial charge in [0, 0.05) is 11.6 Å². The second-order valence-corrected chi connectivity index (χ2v) is 4.71. The highest BCUT2D eigenvalue weighted by atomic mass is 16.5. The summed E-state index contributed by atoms with van der Waals surface area (Å²) in [6.45, 7) is 1.88. The van der Waals surface area contributed by atoms with Crippen LogP contribution in [0.3, 0.4) is 0 Å². The first-order valence-corrected chi connectivity index (χ1v) is 6.51. The molecule has 0 amide bonds. The molecular formula is C17H13NO3. The molecule has 0 spiro atoms. The Balaban J connectivity index is 2.06. The molecule has 1 aromatic heterocycles. The van der Waals surface area contributed by atoms with Crippen LogP contribution < -0.4 is 4.74 Å². The molecule has 0 aliphatic rings. The van der Waals surface area contributed by atoms with E-state index in [9.17, 15) is 4.79 Å². The summed E-state index contributed by atoms with van der Waals surface area (Å²) >= 11 is 0. The molecule has 0 unspecified atom stereocenters. The number of carboxylic acid groups (broad SMARTS) is 1. The van der Waals surface area contributed by atoms with E-state index in [-0.39, 0.29) is 5.56 Å². The lowest BCUT2D eigenvalue weighted by Crippen LogP contribution is -1.98. The van der Waals surface area contributed by atoms with Gasteiger partial charge in [0.15, 0.2) is 0 Å². The van der Waals surface area contributed by atoms with Crippen molar-refractivity contribution >= 4 is 16.9 Å². The van der Waals surface area contributed by atoms with Crippen molar-refractivity contribution in [3.8, 4) is 11.5 Å². The van der Waals surface area contributed by atoms with E-state index in [2.05, 4.69) is 4.98 Å². The number of aromatic nitrogens is 1. The Kier molecular flexibility index (Phi) is 3.28. The highest BCUT2D eigenvalue weighted by Gasteiger charge is 2.09. The number of aromatic carboxylic acids is 1. The molecule has 2 aromatic carbocycles. The number of rotatable bonds is 3. The SMILES string of the molecule is Cc1ccc(C(=O)O)cc1Oc1ccnc2ccccc12. The van der Waals surface area contributed by atoms with Crippen molar-refractivity contribution in [3.63, 3.8) is 0 Å². The topological polar surface area (TPSA) is 59.4 Å². The largest absolute Gasteiger partial charge is 0.478 e. The van der Waals surface area contributed by atoms with Crippen LogP contribution in [-0.2, 0) is 0 Å². The number of aryl methyl sites for hydroxylation is 1. The van der Waals surface area contributed by atoms with Gasteiger partial charge < -0.3 is 9.84 Å². The van der Waals surface area contributed by atoms with Crippen molar-refractivity contribution in [3.05, 3.63) is 65.9 Å². The lowest BCUT2D eigenvalue weighted by molar-refractivity contribution is 0.0696. The maximum Gasteiger partial charge on any atom is 0.335 e. The Morgan fingerprint density at radius 2 is 1.90 bits per heavy atom. The Bertz CT molecular complexity index is 822. The fourth-order valence-corrected chi connectivity index (χ4v) is 2.12. The van der Waals surface area contributed by atoms with E-state index in [1.54, 1.807) is 24.4 Å². The molecule has 1 N–H and O–H groups in total. The number of carbonyl (C=O) groups is 1. The predicted octanol–water partition coefficient (Wildman–Crippen LogP) is 4.03. The molecule has 3 rings (SSSR count). The van der Waals surface area contributed by atoms with Gasteiger partial charge in [-0.15, -0.1) is 0 Å². The zero-order valence-electron chi connectivity index (χ0n) is 11.4. The van der Waals surface area contributed by atoms with Crippen LogP contribution in [0.25, 0.3) is 10.9 Å². The van der Waals surface area contributed by atoms with Crippen LogP contribution in [0.4, 0.5) is 0 Å². The zero-order chi connectivity index (χ0) is 14.8. The molecule has 104 valence electrons. The average molecular weight is 279 g/mol. The molecule has 21 heavy (non-hydrogen) atoms. The van der Waals surface area contributed by atoms with Crippen LogP contribution in [0.15, 0.2) is 54.7 Å². The highest BCUT2D eigenvalue weighted by molar-refractivity contribution is 5.88. The van der Waals surface area contributed by atoms with Gasteiger partial charge in [-0.05, 0) is 42.8 Å². The third kappa shape index (κ3) is 2.56. The van der Waals surface area contributed by atoms with Crippen LogP contribution in [-0.4, -0.2) is 16.1 Å². The summed E-state index contributed by atoms with van der Waals surface area (Å²) in [5.41, 5.74) is 1.91. The van der Waals surface area contributed by atoms with E-state index >= 15 is 0 Å². The van der Waals surface area contributed by atoms with Crippen LogP contribution in [0.5, 0.6) is 11.5 Å². The summed E-state index contributed by atoms with van der Waals surface area (Å²) in [5.74, 6) is 0.219. The third-order valence-electron chi connectivity index (χ3n) is 3.26. The van der Waals surface area contributed by atoms with E-state index in [1.165, 1.54) is 6.07 Å². The van der Waals surface area contributed by atoms with Crippen molar-refractivity contribution in [2.24, 2.45) is 0 Å². The quantitative estimate of drug-likeness (QED) is 0.786. The highest BCUT2D eigenvalue weighted by Crippen LogP contribution is 2.31.